The van der Waals surface area contributed by atoms with E-state index >= 15 is 0 Å². The van der Waals surface area contributed by atoms with Gasteiger partial charge in [-0.05, 0) is 67.3 Å². The molecule has 0 aliphatic carbocycles. The lowest BCUT2D eigenvalue weighted by Crippen LogP contribution is -2.36. The highest BCUT2D eigenvalue weighted by Gasteiger charge is 2.23. The summed E-state index contributed by atoms with van der Waals surface area (Å²) in [6.07, 6.45) is 2.06. The van der Waals surface area contributed by atoms with Crippen LogP contribution in [0.15, 0.2) is 48.5 Å². The van der Waals surface area contributed by atoms with Crippen LogP contribution in [-0.4, -0.2) is 39.2 Å². The lowest BCUT2D eigenvalue weighted by atomic mass is 9.88. The van der Waals surface area contributed by atoms with E-state index in [1.807, 2.05) is 47.9 Å². The van der Waals surface area contributed by atoms with Crippen LogP contribution in [0.4, 0.5) is 5.95 Å². The molecule has 0 saturated carbocycles. The predicted octanol–water partition coefficient (Wildman–Crippen LogP) is 4.53. The Bertz CT molecular complexity index is 1410. The molecule has 4 aromatic rings. The third-order valence-corrected chi connectivity index (χ3v) is 6.87. The number of aromatic nitrogens is 2. The molecule has 3 aromatic carbocycles. The lowest BCUT2D eigenvalue weighted by molar-refractivity contribution is 0.310. The fraction of sp³-hybridized carbons (Fsp3) is 0.269. The average Bonchev–Trinajstić information content (AvgIpc) is 3.14. The number of amidine groups is 2. The number of nitrogens with zero attached hydrogens (tertiary/aromatic N) is 3. The SMILES string of the molecule is CC(=N)N1CCC(c2cc(C)c3nc(N)n(-c4ccc(C(=N)N)c5ccccc45)c3c2)CC1. The molecule has 0 unspecified atom stereocenters. The fourth-order valence-electron chi connectivity index (χ4n) is 5.14. The molecule has 0 radical (unpaired) electrons. The Morgan fingerprint density at radius 1 is 1.03 bits per heavy atom. The highest BCUT2D eigenvalue weighted by Crippen LogP contribution is 2.35. The minimum atomic E-state index is 0.0471. The van der Waals surface area contributed by atoms with Gasteiger partial charge in [0.2, 0.25) is 5.95 Å². The number of nitrogen functional groups attached to an aromatic ring is 2. The van der Waals surface area contributed by atoms with E-state index in [1.165, 1.54) is 5.56 Å². The van der Waals surface area contributed by atoms with Crippen LogP contribution in [0.2, 0.25) is 0 Å². The van der Waals surface area contributed by atoms with Crippen LogP contribution in [-0.2, 0) is 0 Å². The minimum Gasteiger partial charge on any atom is -0.384 e. The Morgan fingerprint density at radius 3 is 2.39 bits per heavy atom. The third kappa shape index (κ3) is 3.50. The van der Waals surface area contributed by atoms with Gasteiger partial charge in [0, 0.05) is 24.0 Å². The van der Waals surface area contributed by atoms with Gasteiger partial charge in [0.05, 0.1) is 22.6 Å². The second-order valence-electron chi connectivity index (χ2n) is 8.95. The molecule has 0 amide bonds. The van der Waals surface area contributed by atoms with Crippen molar-refractivity contribution >= 4 is 39.4 Å². The maximum atomic E-state index is 7.96. The summed E-state index contributed by atoms with van der Waals surface area (Å²) in [5, 5.41) is 17.8. The molecule has 1 saturated heterocycles. The van der Waals surface area contributed by atoms with Gasteiger partial charge in [-0.1, -0.05) is 30.3 Å². The van der Waals surface area contributed by atoms with Crippen LogP contribution in [0.1, 0.15) is 42.4 Å². The van der Waals surface area contributed by atoms with Crippen molar-refractivity contribution in [1.82, 2.24) is 14.5 Å². The first kappa shape index (κ1) is 21.0. The van der Waals surface area contributed by atoms with Gasteiger partial charge >= 0.3 is 0 Å². The van der Waals surface area contributed by atoms with Gasteiger partial charge in [-0.3, -0.25) is 15.4 Å². The number of piperidine rings is 1. The molecule has 33 heavy (non-hydrogen) atoms. The molecule has 168 valence electrons. The second kappa shape index (κ2) is 7.92. The van der Waals surface area contributed by atoms with E-state index in [0.29, 0.717) is 23.3 Å². The van der Waals surface area contributed by atoms with E-state index in [0.717, 1.165) is 59.0 Å². The van der Waals surface area contributed by atoms with Crippen molar-refractivity contribution < 1.29 is 0 Å². The number of imidazole rings is 1. The van der Waals surface area contributed by atoms with Crippen molar-refractivity contribution in [1.29, 1.82) is 10.8 Å². The third-order valence-electron chi connectivity index (χ3n) is 6.87. The summed E-state index contributed by atoms with van der Waals surface area (Å²) in [6.45, 7) is 5.78. The summed E-state index contributed by atoms with van der Waals surface area (Å²) in [7, 11) is 0. The average molecular weight is 440 g/mol. The smallest absolute Gasteiger partial charge is 0.205 e. The number of likely N-dealkylation sites (tertiary alicyclic amines) is 1. The normalized spacial score (nSPS) is 14.8. The van der Waals surface area contributed by atoms with Crippen LogP contribution in [0.25, 0.3) is 27.5 Å². The molecule has 0 atom stereocenters. The molecule has 1 aliphatic heterocycles. The highest BCUT2D eigenvalue weighted by atomic mass is 15.2. The van der Waals surface area contributed by atoms with Crippen molar-refractivity contribution in [3.63, 3.8) is 0 Å². The van der Waals surface area contributed by atoms with Crippen molar-refractivity contribution in [3.8, 4) is 5.69 Å². The van der Waals surface area contributed by atoms with Gasteiger partial charge in [0.1, 0.15) is 5.84 Å². The van der Waals surface area contributed by atoms with Gasteiger partial charge in [0.15, 0.2) is 0 Å². The molecule has 0 spiro atoms. The first-order valence-corrected chi connectivity index (χ1v) is 11.3. The van der Waals surface area contributed by atoms with E-state index in [1.54, 1.807) is 0 Å². The Hall–Kier alpha value is -3.87. The zero-order chi connectivity index (χ0) is 23.3. The quantitative estimate of drug-likeness (QED) is 0.277. The molecular weight excluding hydrogens is 410 g/mol. The zero-order valence-electron chi connectivity index (χ0n) is 19.0. The van der Waals surface area contributed by atoms with Crippen LogP contribution in [0.5, 0.6) is 0 Å². The summed E-state index contributed by atoms with van der Waals surface area (Å²) in [4.78, 5) is 6.86. The van der Waals surface area contributed by atoms with E-state index < -0.39 is 0 Å². The molecule has 6 N–H and O–H groups in total. The Kier molecular flexibility index (Phi) is 5.04. The number of fused-ring (bicyclic) bond motifs is 2. The summed E-state index contributed by atoms with van der Waals surface area (Å²) in [5.41, 5.74) is 18.3. The number of rotatable bonds is 3. The summed E-state index contributed by atoms with van der Waals surface area (Å²) in [5.74, 6) is 1.59. The fourth-order valence-corrected chi connectivity index (χ4v) is 5.14. The molecule has 0 bridgehead atoms. The standard InChI is InChI=1S/C26H29N7/c1-15-13-18(17-9-11-32(12-10-17)16(2)27)14-23-24(15)31-26(30)33(23)22-8-7-21(25(28)29)19-5-3-4-6-20(19)22/h3-8,13-14,17,27H,9-12H2,1-2H3,(H3,28,29)(H2,30,31). The molecule has 7 nitrogen and oxygen atoms in total. The summed E-state index contributed by atoms with van der Waals surface area (Å²) < 4.78 is 2.02. The number of hydrogen-bond donors (Lipinski definition) is 4. The van der Waals surface area contributed by atoms with Gasteiger partial charge in [-0.15, -0.1) is 0 Å². The van der Waals surface area contributed by atoms with Gasteiger partial charge in [0.25, 0.3) is 0 Å². The van der Waals surface area contributed by atoms with Crippen molar-refractivity contribution in [2.24, 2.45) is 5.73 Å². The maximum absolute atomic E-state index is 7.96. The van der Waals surface area contributed by atoms with E-state index in [2.05, 4.69) is 24.0 Å². The molecule has 1 aliphatic rings. The van der Waals surface area contributed by atoms with Crippen LogP contribution in [0, 0.1) is 17.7 Å². The van der Waals surface area contributed by atoms with Crippen molar-refractivity contribution in [3.05, 3.63) is 65.2 Å². The Balaban J connectivity index is 1.66. The Labute approximate surface area is 193 Å². The number of nitrogens with two attached hydrogens (primary N) is 2. The maximum Gasteiger partial charge on any atom is 0.205 e. The number of hydrogen-bond acceptors (Lipinski definition) is 4. The van der Waals surface area contributed by atoms with Crippen molar-refractivity contribution in [2.75, 3.05) is 18.8 Å². The second-order valence-corrected chi connectivity index (χ2v) is 8.95. The zero-order valence-corrected chi connectivity index (χ0v) is 19.0. The van der Waals surface area contributed by atoms with Crippen LogP contribution >= 0.6 is 0 Å². The van der Waals surface area contributed by atoms with Gasteiger partial charge < -0.3 is 16.4 Å². The number of aryl methyl sites for hydroxylation is 1. The molecule has 1 aromatic heterocycles. The number of benzene rings is 3. The summed E-state index contributed by atoms with van der Waals surface area (Å²) in [6, 6.07) is 16.3. The largest absolute Gasteiger partial charge is 0.384 e. The lowest BCUT2D eigenvalue weighted by Gasteiger charge is -2.33. The Morgan fingerprint density at radius 2 is 1.73 bits per heavy atom. The highest BCUT2D eigenvalue weighted by molar-refractivity contribution is 6.10. The van der Waals surface area contributed by atoms with E-state index in [4.69, 9.17) is 27.3 Å². The van der Waals surface area contributed by atoms with E-state index in [-0.39, 0.29) is 5.84 Å². The van der Waals surface area contributed by atoms with E-state index in [9.17, 15) is 0 Å². The molecular formula is C26H29N7. The molecule has 5 rings (SSSR count). The monoisotopic (exact) mass is 439 g/mol. The van der Waals surface area contributed by atoms with Gasteiger partial charge in [-0.25, -0.2) is 4.98 Å². The topological polar surface area (TPSA) is 121 Å². The molecule has 2 heterocycles. The predicted molar refractivity (Wildman–Crippen MR) is 136 cm³/mol. The van der Waals surface area contributed by atoms with Crippen molar-refractivity contribution in [2.45, 2.75) is 32.6 Å². The molecule has 7 heteroatoms. The van der Waals surface area contributed by atoms with Crippen LogP contribution < -0.4 is 11.5 Å². The van der Waals surface area contributed by atoms with Gasteiger partial charge in [-0.2, -0.15) is 0 Å². The van der Waals surface area contributed by atoms with Crippen LogP contribution in [0.3, 0.4) is 0 Å². The first-order chi connectivity index (χ1) is 15.8. The molecule has 1 fully saturated rings. The first-order valence-electron chi connectivity index (χ1n) is 11.3. The number of anilines is 1. The number of nitrogens with one attached hydrogen (secondary N) is 2. The summed E-state index contributed by atoms with van der Waals surface area (Å²) >= 11 is 0. The minimum absolute atomic E-state index is 0.0471.